The number of phenols is 1. The van der Waals surface area contributed by atoms with Crippen LogP contribution >= 0.6 is 0 Å². The van der Waals surface area contributed by atoms with Gasteiger partial charge in [0.25, 0.3) is 5.91 Å². The molecule has 0 radical (unpaired) electrons. The number of nitriles is 1. The van der Waals surface area contributed by atoms with Gasteiger partial charge in [-0.15, -0.1) is 0 Å². The first-order chi connectivity index (χ1) is 18.3. The van der Waals surface area contributed by atoms with Gasteiger partial charge in [-0.3, -0.25) is 14.8 Å². The van der Waals surface area contributed by atoms with Crippen molar-refractivity contribution < 1.29 is 25.0 Å². The first-order valence-electron chi connectivity index (χ1n) is 12.3. The van der Waals surface area contributed by atoms with E-state index in [0.29, 0.717) is 28.7 Å². The van der Waals surface area contributed by atoms with Crippen molar-refractivity contribution in [3.8, 4) is 11.8 Å². The van der Waals surface area contributed by atoms with Crippen molar-refractivity contribution in [3.63, 3.8) is 0 Å². The number of aromatic hydroxyl groups is 1. The van der Waals surface area contributed by atoms with Gasteiger partial charge in [-0.2, -0.15) is 5.26 Å². The number of aryl methyl sites for hydroxylation is 1. The molecule has 0 bridgehead atoms. The lowest BCUT2D eigenvalue weighted by molar-refractivity contribution is -0.138. The zero-order valence-electron chi connectivity index (χ0n) is 20.9. The minimum atomic E-state index is -1.18. The fourth-order valence-electron chi connectivity index (χ4n) is 4.87. The molecular formula is C29H30N4O5. The van der Waals surface area contributed by atoms with Gasteiger partial charge < -0.3 is 20.8 Å². The maximum Gasteiger partial charge on any atom is 0.261 e. The van der Waals surface area contributed by atoms with Crippen molar-refractivity contribution in [2.75, 3.05) is 0 Å². The van der Waals surface area contributed by atoms with E-state index in [-0.39, 0.29) is 18.7 Å². The topological polar surface area (TPSA) is 155 Å². The van der Waals surface area contributed by atoms with Gasteiger partial charge in [0.2, 0.25) is 5.91 Å². The molecule has 0 aliphatic heterocycles. The standard InChI is InChI=1S/C29H30N4O5/c1-17-9-10-18(13-24(17)34)12-23(28(36)32-26-22-8-3-2-7-21(22)14-25(26)35)27(29(37)33-38)31-16-20-6-4-5-19(11-20)15-30/h2-11,13,23,25-27,31,34-35,38H,12,14,16H2,1H3,(H,32,36)(H,33,37)/t23-,25-,26+,27+/m1/s1. The highest BCUT2D eigenvalue weighted by molar-refractivity contribution is 5.90. The van der Waals surface area contributed by atoms with Crippen LogP contribution in [0.1, 0.15) is 39.4 Å². The predicted octanol–water partition coefficient (Wildman–Crippen LogP) is 2.17. The van der Waals surface area contributed by atoms with Gasteiger partial charge in [-0.1, -0.05) is 48.5 Å². The van der Waals surface area contributed by atoms with Crippen LogP contribution in [-0.2, 0) is 29.0 Å². The molecule has 0 saturated carbocycles. The Morgan fingerprint density at radius 3 is 2.58 bits per heavy atom. The molecule has 2 amide bonds. The largest absolute Gasteiger partial charge is 0.508 e. The molecule has 3 aromatic carbocycles. The summed E-state index contributed by atoms with van der Waals surface area (Å²) in [7, 11) is 0. The number of amides is 2. The fourth-order valence-corrected chi connectivity index (χ4v) is 4.87. The Morgan fingerprint density at radius 1 is 1.05 bits per heavy atom. The van der Waals surface area contributed by atoms with Crippen LogP contribution in [0.15, 0.2) is 66.7 Å². The number of carbonyl (C=O) groups is 2. The Bertz CT molecular complexity index is 1370. The van der Waals surface area contributed by atoms with E-state index in [1.165, 1.54) is 0 Å². The van der Waals surface area contributed by atoms with Crippen LogP contribution < -0.4 is 16.1 Å². The van der Waals surface area contributed by atoms with Crippen molar-refractivity contribution in [1.29, 1.82) is 5.26 Å². The van der Waals surface area contributed by atoms with Gasteiger partial charge in [-0.25, -0.2) is 5.48 Å². The number of benzene rings is 3. The van der Waals surface area contributed by atoms with E-state index in [1.807, 2.05) is 24.3 Å². The van der Waals surface area contributed by atoms with Gasteiger partial charge in [0.1, 0.15) is 11.8 Å². The second-order valence-electron chi connectivity index (χ2n) is 9.53. The predicted molar refractivity (Wildman–Crippen MR) is 139 cm³/mol. The lowest BCUT2D eigenvalue weighted by Crippen LogP contribution is -2.54. The number of fused-ring (bicyclic) bond motifs is 1. The Labute approximate surface area is 220 Å². The van der Waals surface area contributed by atoms with Crippen LogP contribution in [0.2, 0.25) is 0 Å². The number of hydrogen-bond acceptors (Lipinski definition) is 7. The van der Waals surface area contributed by atoms with Gasteiger partial charge >= 0.3 is 0 Å². The van der Waals surface area contributed by atoms with Crippen molar-refractivity contribution >= 4 is 11.8 Å². The zero-order chi connectivity index (χ0) is 27.2. The molecule has 9 heteroatoms. The summed E-state index contributed by atoms with van der Waals surface area (Å²) in [6.45, 7) is 1.90. The van der Waals surface area contributed by atoms with Gasteiger partial charge in [-0.05, 0) is 59.4 Å². The second-order valence-corrected chi connectivity index (χ2v) is 9.53. The zero-order valence-corrected chi connectivity index (χ0v) is 20.9. The summed E-state index contributed by atoms with van der Waals surface area (Å²) in [6.07, 6.45) is -0.369. The number of rotatable bonds is 9. The first kappa shape index (κ1) is 26.8. The summed E-state index contributed by atoms with van der Waals surface area (Å²) in [4.78, 5) is 26.6. The van der Waals surface area contributed by atoms with Gasteiger partial charge in [0.15, 0.2) is 0 Å². The number of aliphatic hydroxyl groups excluding tert-OH is 1. The lowest BCUT2D eigenvalue weighted by Gasteiger charge is -2.28. The number of hydrogen-bond donors (Lipinski definition) is 6. The fraction of sp³-hybridized carbons (Fsp3) is 0.276. The maximum atomic E-state index is 13.8. The summed E-state index contributed by atoms with van der Waals surface area (Å²) in [5.74, 6) is -2.28. The van der Waals surface area contributed by atoms with E-state index >= 15 is 0 Å². The summed E-state index contributed by atoms with van der Waals surface area (Å²) < 4.78 is 0. The van der Waals surface area contributed by atoms with Gasteiger partial charge in [0, 0.05) is 13.0 Å². The third-order valence-electron chi connectivity index (χ3n) is 6.94. The van der Waals surface area contributed by atoms with Crippen molar-refractivity contribution in [2.24, 2.45) is 5.92 Å². The summed E-state index contributed by atoms with van der Waals surface area (Å²) >= 11 is 0. The molecule has 0 saturated heterocycles. The molecule has 1 aliphatic carbocycles. The van der Waals surface area contributed by atoms with E-state index in [1.54, 1.807) is 54.9 Å². The second kappa shape index (κ2) is 11.9. The summed E-state index contributed by atoms with van der Waals surface area (Å²) in [5.41, 5.74) is 5.84. The van der Waals surface area contributed by atoms with Crippen molar-refractivity contribution in [2.45, 2.75) is 44.5 Å². The molecule has 1 aliphatic rings. The Kier molecular flexibility index (Phi) is 8.38. The van der Waals surface area contributed by atoms with Crippen LogP contribution in [-0.4, -0.2) is 39.4 Å². The van der Waals surface area contributed by atoms with E-state index in [0.717, 1.165) is 11.1 Å². The highest BCUT2D eigenvalue weighted by atomic mass is 16.5. The molecule has 6 N–H and O–H groups in total. The maximum absolute atomic E-state index is 13.8. The van der Waals surface area contributed by atoms with Crippen LogP contribution in [0.4, 0.5) is 0 Å². The van der Waals surface area contributed by atoms with Crippen LogP contribution in [0, 0.1) is 24.2 Å². The molecule has 0 heterocycles. The Balaban J connectivity index is 1.64. The number of nitrogens with one attached hydrogen (secondary N) is 3. The molecule has 4 atom stereocenters. The summed E-state index contributed by atoms with van der Waals surface area (Å²) in [5, 5.41) is 45.6. The SMILES string of the molecule is Cc1ccc(C[C@@H](C(=O)N[C@H]2c3ccccc3C[C@H]2O)[C@H](NCc2cccc(C#N)c2)C(=O)NO)cc1O. The Hall–Kier alpha value is -4.23. The molecule has 0 unspecified atom stereocenters. The number of hydroxylamine groups is 1. The normalized spacial score (nSPS) is 17.6. The molecular weight excluding hydrogens is 484 g/mol. The van der Waals surface area contributed by atoms with E-state index in [9.17, 15) is 30.3 Å². The minimum Gasteiger partial charge on any atom is -0.508 e. The first-order valence-corrected chi connectivity index (χ1v) is 12.3. The average molecular weight is 515 g/mol. The quantitative estimate of drug-likeness (QED) is 0.189. The lowest BCUT2D eigenvalue weighted by atomic mass is 9.89. The highest BCUT2D eigenvalue weighted by Gasteiger charge is 2.38. The highest BCUT2D eigenvalue weighted by Crippen LogP contribution is 2.32. The molecule has 9 nitrogen and oxygen atoms in total. The summed E-state index contributed by atoms with van der Waals surface area (Å²) in [6, 6.07) is 19.5. The molecule has 196 valence electrons. The van der Waals surface area contributed by atoms with E-state index < -0.39 is 35.9 Å². The van der Waals surface area contributed by atoms with Gasteiger partial charge in [0.05, 0.1) is 29.7 Å². The minimum absolute atomic E-state index is 0.0613. The number of aliphatic hydroxyl groups is 1. The number of nitrogens with zero attached hydrogens (tertiary/aromatic N) is 1. The van der Waals surface area contributed by atoms with Crippen LogP contribution in [0.25, 0.3) is 0 Å². The molecule has 0 spiro atoms. The number of carbonyl (C=O) groups excluding carboxylic acids is 2. The molecule has 3 aromatic rings. The van der Waals surface area contributed by atoms with E-state index in [2.05, 4.69) is 16.7 Å². The monoisotopic (exact) mass is 514 g/mol. The van der Waals surface area contributed by atoms with Crippen molar-refractivity contribution in [3.05, 3.63) is 100 Å². The Morgan fingerprint density at radius 2 is 1.84 bits per heavy atom. The average Bonchev–Trinajstić information content (AvgIpc) is 3.24. The third kappa shape index (κ3) is 6.01. The third-order valence-corrected chi connectivity index (χ3v) is 6.94. The number of phenolic OH excluding ortho intramolecular Hbond substituents is 1. The van der Waals surface area contributed by atoms with Crippen LogP contribution in [0.5, 0.6) is 5.75 Å². The van der Waals surface area contributed by atoms with Crippen molar-refractivity contribution in [1.82, 2.24) is 16.1 Å². The molecule has 0 fully saturated rings. The van der Waals surface area contributed by atoms with E-state index in [4.69, 9.17) is 0 Å². The van der Waals surface area contributed by atoms with Crippen LogP contribution in [0.3, 0.4) is 0 Å². The molecule has 0 aromatic heterocycles. The molecule has 4 rings (SSSR count). The molecule has 38 heavy (non-hydrogen) atoms. The smallest absolute Gasteiger partial charge is 0.261 e.